The highest BCUT2D eigenvalue weighted by Gasteiger charge is 2.36. The number of carbonyl (C=O) groups is 2. The van der Waals surface area contributed by atoms with Gasteiger partial charge in [0.25, 0.3) is 0 Å². The zero-order valence-corrected chi connectivity index (χ0v) is 29.3. The zero-order chi connectivity index (χ0) is 33.8. The quantitative estimate of drug-likeness (QED) is 0.197. The molecule has 2 aliphatic rings. The maximum Gasteiger partial charge on any atom is 0.243 e. The summed E-state index contributed by atoms with van der Waals surface area (Å²) >= 11 is 1.37. The molecule has 47 heavy (non-hydrogen) atoms. The van der Waals surface area contributed by atoms with Crippen molar-refractivity contribution in [2.45, 2.75) is 95.9 Å². The summed E-state index contributed by atoms with van der Waals surface area (Å²) in [4.78, 5) is 32.4. The van der Waals surface area contributed by atoms with E-state index in [0.29, 0.717) is 37.7 Å². The van der Waals surface area contributed by atoms with Crippen LogP contribution in [-0.4, -0.2) is 96.1 Å². The molecule has 11 nitrogen and oxygen atoms in total. The molecule has 13 heteroatoms. The average molecular weight is 693 g/mol. The monoisotopic (exact) mass is 692 g/mol. The Balaban J connectivity index is 1.56. The molecular weight excluding hydrogens is 641 g/mol. The van der Waals surface area contributed by atoms with Gasteiger partial charge in [-0.15, -0.1) is 11.3 Å². The lowest BCUT2D eigenvalue weighted by Gasteiger charge is -2.34. The van der Waals surface area contributed by atoms with E-state index in [4.69, 9.17) is 4.74 Å². The van der Waals surface area contributed by atoms with Gasteiger partial charge in [-0.1, -0.05) is 76.3 Å². The summed E-state index contributed by atoms with van der Waals surface area (Å²) in [7, 11) is -3.80. The van der Waals surface area contributed by atoms with E-state index in [-0.39, 0.29) is 31.8 Å². The lowest BCUT2D eigenvalue weighted by Crippen LogP contribution is -2.57. The maximum atomic E-state index is 14.0. The smallest absolute Gasteiger partial charge is 0.243 e. The number of aromatic nitrogens is 1. The van der Waals surface area contributed by atoms with Gasteiger partial charge < -0.3 is 25.6 Å². The normalized spacial score (nSPS) is 19.9. The highest BCUT2D eigenvalue weighted by molar-refractivity contribution is 7.89. The van der Waals surface area contributed by atoms with E-state index in [2.05, 4.69) is 15.6 Å². The number of aliphatic hydroxyl groups excluding tert-OH is 2. The molecule has 0 spiro atoms. The molecule has 2 fully saturated rings. The SMILES string of the molecule is CC(C)C[C@H](O)[C@H](O)[C@H](CC1CCCCC1)NC(=O)[C@H](Cc1cscn1)NC(=O)[C@H](Cc1ccccc1)CS(=O)(=O)N1CCOCC1. The number of thiazole rings is 1. The molecule has 2 amide bonds. The molecule has 5 atom stereocenters. The Morgan fingerprint density at radius 1 is 1.02 bits per heavy atom. The molecule has 0 radical (unpaired) electrons. The number of hydrogen-bond donors (Lipinski definition) is 4. The second-order valence-electron chi connectivity index (χ2n) is 13.5. The Hall–Kier alpha value is -2.42. The number of ether oxygens (including phenoxy) is 1. The topological polar surface area (TPSA) is 158 Å². The lowest BCUT2D eigenvalue weighted by molar-refractivity contribution is -0.132. The predicted octanol–water partition coefficient (Wildman–Crippen LogP) is 2.91. The van der Waals surface area contributed by atoms with Crippen LogP contribution in [0.25, 0.3) is 0 Å². The number of benzene rings is 1. The van der Waals surface area contributed by atoms with Crippen molar-refractivity contribution in [2.24, 2.45) is 17.8 Å². The summed E-state index contributed by atoms with van der Waals surface area (Å²) in [6.07, 6.45) is 4.32. The fraction of sp³-hybridized carbons (Fsp3) is 0.676. The summed E-state index contributed by atoms with van der Waals surface area (Å²) in [5.41, 5.74) is 3.07. The largest absolute Gasteiger partial charge is 0.390 e. The average Bonchev–Trinajstić information content (AvgIpc) is 3.57. The Morgan fingerprint density at radius 2 is 1.72 bits per heavy atom. The first-order valence-electron chi connectivity index (χ1n) is 16.9. The van der Waals surface area contributed by atoms with E-state index < -0.39 is 57.8 Å². The molecule has 1 aliphatic carbocycles. The van der Waals surface area contributed by atoms with Crippen LogP contribution >= 0.6 is 11.3 Å². The van der Waals surface area contributed by atoms with Crippen molar-refractivity contribution in [2.75, 3.05) is 32.1 Å². The number of aliphatic hydroxyl groups is 2. The third-order valence-electron chi connectivity index (χ3n) is 9.16. The fourth-order valence-electron chi connectivity index (χ4n) is 6.60. The number of rotatable bonds is 17. The van der Waals surface area contributed by atoms with Crippen molar-refractivity contribution in [3.63, 3.8) is 0 Å². The Kier molecular flexibility index (Phi) is 14.6. The summed E-state index contributed by atoms with van der Waals surface area (Å²) in [5.74, 6) is -1.97. The first-order valence-corrected chi connectivity index (χ1v) is 19.5. The van der Waals surface area contributed by atoms with E-state index in [1.165, 1.54) is 22.1 Å². The van der Waals surface area contributed by atoms with E-state index in [1.807, 2.05) is 44.2 Å². The van der Waals surface area contributed by atoms with Gasteiger partial charge in [0, 0.05) is 24.9 Å². The molecule has 0 unspecified atom stereocenters. The van der Waals surface area contributed by atoms with Gasteiger partial charge in [0.1, 0.15) is 12.1 Å². The summed E-state index contributed by atoms with van der Waals surface area (Å²) in [5, 5.41) is 29.8. The number of nitrogens with zero attached hydrogens (tertiary/aromatic N) is 2. The molecule has 2 heterocycles. The number of hydrogen-bond acceptors (Lipinski definition) is 9. The van der Waals surface area contributed by atoms with Crippen molar-refractivity contribution in [3.8, 4) is 0 Å². The van der Waals surface area contributed by atoms with Gasteiger partial charge >= 0.3 is 0 Å². The minimum atomic E-state index is -3.80. The lowest BCUT2D eigenvalue weighted by atomic mass is 9.82. The standard InChI is InChI=1S/C34H52N4O7S2/c1-24(2)17-31(39)32(40)29(19-26-11-7-4-8-12-26)36-34(42)30(20-28-21-46-23-35-28)37-33(41)27(18-25-9-5-3-6-10-25)22-47(43,44)38-13-15-45-16-14-38/h3,5-6,9-10,21,23-24,26-27,29-32,39-40H,4,7-8,11-20,22H2,1-2H3,(H,36,42)(H,37,41)/t27-,29+,30+,31+,32-/m1/s1. The number of morpholine rings is 1. The van der Waals surface area contributed by atoms with Gasteiger partial charge in [0.2, 0.25) is 21.8 Å². The van der Waals surface area contributed by atoms with Crippen LogP contribution in [0.5, 0.6) is 0 Å². The number of sulfonamides is 1. The Labute approximate surface area is 283 Å². The highest BCUT2D eigenvalue weighted by atomic mass is 32.2. The van der Waals surface area contributed by atoms with Gasteiger partial charge in [-0.05, 0) is 36.7 Å². The van der Waals surface area contributed by atoms with Crippen LogP contribution in [-0.2, 0) is 37.2 Å². The van der Waals surface area contributed by atoms with Crippen molar-refractivity contribution in [1.82, 2.24) is 19.9 Å². The summed E-state index contributed by atoms with van der Waals surface area (Å²) < 4.78 is 33.6. The Morgan fingerprint density at radius 3 is 2.36 bits per heavy atom. The number of carbonyl (C=O) groups excluding carboxylic acids is 2. The molecule has 1 aromatic carbocycles. The third-order valence-corrected chi connectivity index (χ3v) is 11.8. The van der Waals surface area contributed by atoms with Gasteiger partial charge in [0.15, 0.2) is 0 Å². The van der Waals surface area contributed by atoms with Crippen LogP contribution in [0.1, 0.15) is 70.1 Å². The van der Waals surface area contributed by atoms with Gasteiger partial charge in [-0.25, -0.2) is 13.4 Å². The highest BCUT2D eigenvalue weighted by Crippen LogP contribution is 2.29. The number of nitrogens with one attached hydrogen (secondary N) is 2. The summed E-state index contributed by atoms with van der Waals surface area (Å²) in [6.45, 7) is 4.98. The van der Waals surface area contributed by atoms with E-state index in [1.54, 1.807) is 10.9 Å². The molecule has 2 aromatic rings. The van der Waals surface area contributed by atoms with Crippen LogP contribution in [0.3, 0.4) is 0 Å². The van der Waals surface area contributed by atoms with Gasteiger partial charge in [0.05, 0.1) is 48.2 Å². The van der Waals surface area contributed by atoms with Crippen molar-refractivity contribution >= 4 is 33.2 Å². The molecule has 1 saturated heterocycles. The molecule has 262 valence electrons. The minimum Gasteiger partial charge on any atom is -0.390 e. The minimum absolute atomic E-state index is 0.0934. The first kappa shape index (κ1) is 37.4. The molecular formula is C34H52N4O7S2. The van der Waals surface area contributed by atoms with Gasteiger partial charge in [-0.3, -0.25) is 9.59 Å². The molecule has 4 rings (SSSR count). The second kappa shape index (κ2) is 18.4. The molecule has 4 N–H and O–H groups in total. The van der Waals surface area contributed by atoms with Crippen LogP contribution < -0.4 is 10.6 Å². The first-order chi connectivity index (χ1) is 22.5. The molecule has 1 aliphatic heterocycles. The third kappa shape index (κ3) is 11.9. The molecule has 1 saturated carbocycles. The van der Waals surface area contributed by atoms with Crippen LogP contribution in [0.2, 0.25) is 0 Å². The Bertz CT molecular complexity index is 1330. The van der Waals surface area contributed by atoms with Crippen LogP contribution in [0, 0.1) is 17.8 Å². The molecule has 1 aromatic heterocycles. The van der Waals surface area contributed by atoms with E-state index in [0.717, 1.165) is 31.2 Å². The van der Waals surface area contributed by atoms with Crippen LogP contribution in [0.15, 0.2) is 41.2 Å². The number of amides is 2. The van der Waals surface area contributed by atoms with E-state index in [9.17, 15) is 28.2 Å². The van der Waals surface area contributed by atoms with Crippen molar-refractivity contribution in [1.29, 1.82) is 0 Å². The maximum absolute atomic E-state index is 14.0. The van der Waals surface area contributed by atoms with Crippen molar-refractivity contribution in [3.05, 3.63) is 52.5 Å². The predicted molar refractivity (Wildman–Crippen MR) is 182 cm³/mol. The zero-order valence-electron chi connectivity index (χ0n) is 27.6. The summed E-state index contributed by atoms with van der Waals surface area (Å²) in [6, 6.07) is 7.44. The molecule has 0 bridgehead atoms. The van der Waals surface area contributed by atoms with Crippen LogP contribution in [0.4, 0.5) is 0 Å². The van der Waals surface area contributed by atoms with Crippen molar-refractivity contribution < 1.29 is 33.0 Å². The fourth-order valence-corrected chi connectivity index (χ4v) is 8.86. The van der Waals surface area contributed by atoms with Gasteiger partial charge in [-0.2, -0.15) is 4.31 Å². The second-order valence-corrected chi connectivity index (χ2v) is 16.2. The van der Waals surface area contributed by atoms with E-state index >= 15 is 0 Å².